The van der Waals surface area contributed by atoms with Crippen molar-refractivity contribution in [3.8, 4) is 11.4 Å². The molecule has 8 heteroatoms. The average molecular weight is 432 g/mol. The summed E-state index contributed by atoms with van der Waals surface area (Å²) in [5.74, 6) is 1.40. The highest BCUT2D eigenvalue weighted by Gasteiger charge is 2.24. The highest BCUT2D eigenvalue weighted by molar-refractivity contribution is 7.99. The summed E-state index contributed by atoms with van der Waals surface area (Å²) in [4.78, 5) is 4.98. The van der Waals surface area contributed by atoms with Crippen molar-refractivity contribution in [2.75, 3.05) is 26.0 Å². The molecule has 2 aromatic carbocycles. The quantitative estimate of drug-likeness (QED) is 0.372. The number of benzene rings is 2. The Morgan fingerprint density at radius 2 is 1.93 bits per heavy atom. The third-order valence-electron chi connectivity index (χ3n) is 4.59. The van der Waals surface area contributed by atoms with Crippen molar-refractivity contribution in [3.05, 3.63) is 55.1 Å². The molecule has 0 atom stereocenters. The third kappa shape index (κ3) is 4.05. The summed E-state index contributed by atoms with van der Waals surface area (Å²) < 4.78 is 34.8. The summed E-state index contributed by atoms with van der Waals surface area (Å²) in [5, 5.41) is 0.752. The minimum Gasteiger partial charge on any atom is -0.495 e. The Kier molecular flexibility index (Phi) is 6.66. The number of aromatic nitrogens is 2. The zero-order valence-electron chi connectivity index (χ0n) is 16.8. The van der Waals surface area contributed by atoms with E-state index >= 15 is 0 Å². The number of fused-ring (bicyclic) bond motifs is 1. The molecule has 0 unspecified atom stereocenters. The Morgan fingerprint density at radius 1 is 1.21 bits per heavy atom. The number of thioether (sulfide) groups is 1. The molecule has 0 amide bonds. The van der Waals surface area contributed by atoms with Gasteiger partial charge in [0.2, 0.25) is 10.0 Å². The molecule has 0 saturated heterocycles. The van der Waals surface area contributed by atoms with Crippen LogP contribution in [0.4, 0.5) is 0 Å². The number of rotatable bonds is 9. The van der Waals surface area contributed by atoms with Gasteiger partial charge in [-0.1, -0.05) is 43.8 Å². The van der Waals surface area contributed by atoms with Gasteiger partial charge in [0, 0.05) is 18.8 Å². The van der Waals surface area contributed by atoms with Crippen molar-refractivity contribution in [2.24, 2.45) is 0 Å². The smallest absolute Gasteiger partial charge is 0.243 e. The molecule has 154 valence electrons. The van der Waals surface area contributed by atoms with E-state index in [0.717, 1.165) is 16.4 Å². The van der Waals surface area contributed by atoms with Crippen molar-refractivity contribution in [1.82, 2.24) is 13.9 Å². The van der Waals surface area contributed by atoms with Gasteiger partial charge in [0.25, 0.3) is 0 Å². The number of ether oxygens (including phenoxy) is 1. The monoisotopic (exact) mass is 431 g/mol. The van der Waals surface area contributed by atoms with Crippen molar-refractivity contribution < 1.29 is 13.2 Å². The topological polar surface area (TPSA) is 64.4 Å². The maximum atomic E-state index is 12.9. The van der Waals surface area contributed by atoms with Gasteiger partial charge in [-0.25, -0.2) is 13.4 Å². The standard InChI is InChI=1S/C21H25N3O3S2/c1-5-14-28-21-22-17-15-16(29(25,26)23(6-2)7-3)12-13-18(17)24(21)19-10-8-9-11-20(19)27-4/h5,8-13,15H,1,6-7,14H2,2-4H3. The number of nitrogens with zero attached hydrogens (tertiary/aromatic N) is 3. The van der Waals surface area contributed by atoms with Gasteiger partial charge in [0.05, 0.1) is 28.7 Å². The van der Waals surface area contributed by atoms with Crippen LogP contribution in [-0.2, 0) is 10.0 Å². The van der Waals surface area contributed by atoms with E-state index in [0.29, 0.717) is 30.1 Å². The molecule has 0 saturated carbocycles. The summed E-state index contributed by atoms with van der Waals surface area (Å²) in [6.07, 6.45) is 1.81. The fourth-order valence-corrected chi connectivity index (χ4v) is 5.42. The van der Waals surface area contributed by atoms with Crippen molar-refractivity contribution >= 4 is 32.8 Å². The minimum absolute atomic E-state index is 0.249. The van der Waals surface area contributed by atoms with Crippen LogP contribution < -0.4 is 4.74 Å². The molecule has 1 aromatic heterocycles. The average Bonchev–Trinajstić information content (AvgIpc) is 3.10. The molecule has 0 spiro atoms. The minimum atomic E-state index is -3.55. The van der Waals surface area contributed by atoms with E-state index < -0.39 is 10.0 Å². The number of hydrogen-bond acceptors (Lipinski definition) is 5. The van der Waals surface area contributed by atoms with Gasteiger partial charge in [-0.2, -0.15) is 4.31 Å². The SMILES string of the molecule is C=CCSc1nc2cc(S(=O)(=O)N(CC)CC)ccc2n1-c1ccccc1OC. The molecule has 29 heavy (non-hydrogen) atoms. The van der Waals surface area contributed by atoms with Gasteiger partial charge in [-0.05, 0) is 30.3 Å². The van der Waals surface area contributed by atoms with E-state index in [9.17, 15) is 8.42 Å². The van der Waals surface area contributed by atoms with Crippen molar-refractivity contribution in [1.29, 1.82) is 0 Å². The number of imidazole rings is 1. The first kappa shape index (κ1) is 21.4. The largest absolute Gasteiger partial charge is 0.495 e. The van der Waals surface area contributed by atoms with Gasteiger partial charge in [-0.15, -0.1) is 6.58 Å². The zero-order chi connectivity index (χ0) is 21.0. The maximum absolute atomic E-state index is 12.9. The van der Waals surface area contributed by atoms with E-state index in [4.69, 9.17) is 9.72 Å². The fourth-order valence-electron chi connectivity index (χ4n) is 3.19. The first-order chi connectivity index (χ1) is 14.0. The third-order valence-corrected chi connectivity index (χ3v) is 7.58. The number of sulfonamides is 1. The highest BCUT2D eigenvalue weighted by atomic mass is 32.2. The molecule has 1 heterocycles. The normalized spacial score (nSPS) is 11.9. The second-order valence-corrected chi connectivity index (χ2v) is 9.17. The lowest BCUT2D eigenvalue weighted by Gasteiger charge is -2.18. The summed E-state index contributed by atoms with van der Waals surface area (Å²) in [5.41, 5.74) is 2.29. The lowest BCUT2D eigenvalue weighted by Crippen LogP contribution is -2.30. The lowest BCUT2D eigenvalue weighted by molar-refractivity contribution is 0.412. The van der Waals surface area contributed by atoms with Crippen LogP contribution in [0, 0.1) is 0 Å². The van der Waals surface area contributed by atoms with Crippen LogP contribution in [0.5, 0.6) is 5.75 Å². The number of hydrogen-bond donors (Lipinski definition) is 0. The van der Waals surface area contributed by atoms with Crippen molar-refractivity contribution in [3.63, 3.8) is 0 Å². The number of para-hydroxylation sites is 2. The summed E-state index contributed by atoms with van der Waals surface area (Å²) in [7, 11) is -1.93. The summed E-state index contributed by atoms with van der Waals surface area (Å²) in [6, 6.07) is 12.8. The number of methoxy groups -OCH3 is 1. The molecule has 0 fully saturated rings. The fraction of sp³-hybridized carbons (Fsp3) is 0.286. The molecule has 0 aliphatic rings. The van der Waals surface area contributed by atoms with Gasteiger partial charge in [-0.3, -0.25) is 4.57 Å². The predicted octanol–water partition coefficient (Wildman–Crippen LogP) is 4.34. The van der Waals surface area contributed by atoms with E-state index in [1.807, 2.05) is 54.8 Å². The lowest BCUT2D eigenvalue weighted by atomic mass is 10.2. The Balaban J connectivity index is 2.22. The van der Waals surface area contributed by atoms with Crippen LogP contribution in [0.1, 0.15) is 13.8 Å². The zero-order valence-corrected chi connectivity index (χ0v) is 18.5. The Hall–Kier alpha value is -2.29. The molecule has 0 bridgehead atoms. The molecule has 0 N–H and O–H groups in total. The van der Waals surface area contributed by atoms with Crippen LogP contribution in [0.15, 0.2) is 65.2 Å². The molecule has 3 rings (SSSR count). The van der Waals surface area contributed by atoms with Crippen LogP contribution >= 0.6 is 11.8 Å². The molecule has 0 aliphatic heterocycles. The summed E-state index contributed by atoms with van der Waals surface area (Å²) in [6.45, 7) is 8.30. The molecule has 0 aliphatic carbocycles. The predicted molar refractivity (Wildman–Crippen MR) is 119 cm³/mol. The Morgan fingerprint density at radius 3 is 2.59 bits per heavy atom. The second kappa shape index (κ2) is 9.02. The molecule has 0 radical (unpaired) electrons. The molecular formula is C21H25N3O3S2. The van der Waals surface area contributed by atoms with Crippen molar-refractivity contribution in [2.45, 2.75) is 23.9 Å². The first-order valence-corrected chi connectivity index (χ1v) is 11.8. The Labute approximate surface area is 176 Å². The van der Waals surface area contributed by atoms with Crippen LogP contribution in [0.3, 0.4) is 0 Å². The molecule has 6 nitrogen and oxygen atoms in total. The van der Waals surface area contributed by atoms with Crippen LogP contribution in [0.2, 0.25) is 0 Å². The second-order valence-electron chi connectivity index (χ2n) is 6.24. The van der Waals surface area contributed by atoms with Gasteiger partial charge in [0.1, 0.15) is 5.75 Å². The molecular weight excluding hydrogens is 406 g/mol. The van der Waals surface area contributed by atoms with E-state index in [2.05, 4.69) is 6.58 Å². The van der Waals surface area contributed by atoms with Gasteiger partial charge >= 0.3 is 0 Å². The summed E-state index contributed by atoms with van der Waals surface area (Å²) >= 11 is 1.53. The van der Waals surface area contributed by atoms with Crippen LogP contribution in [0.25, 0.3) is 16.7 Å². The Bertz CT molecular complexity index is 1120. The maximum Gasteiger partial charge on any atom is 0.243 e. The van der Waals surface area contributed by atoms with Gasteiger partial charge in [0.15, 0.2) is 5.16 Å². The van der Waals surface area contributed by atoms with E-state index in [-0.39, 0.29) is 4.90 Å². The first-order valence-electron chi connectivity index (χ1n) is 9.37. The highest BCUT2D eigenvalue weighted by Crippen LogP contribution is 2.33. The van der Waals surface area contributed by atoms with E-state index in [1.54, 1.807) is 19.2 Å². The van der Waals surface area contributed by atoms with Crippen LogP contribution in [-0.4, -0.2) is 48.2 Å². The van der Waals surface area contributed by atoms with E-state index in [1.165, 1.54) is 16.1 Å². The van der Waals surface area contributed by atoms with Gasteiger partial charge < -0.3 is 4.74 Å². The molecule has 3 aromatic rings.